The lowest BCUT2D eigenvalue weighted by Crippen LogP contribution is -2.27. The van der Waals surface area contributed by atoms with Crippen molar-refractivity contribution in [3.8, 4) is 44.5 Å². The van der Waals surface area contributed by atoms with Gasteiger partial charge < -0.3 is 0 Å². The molecule has 0 fully saturated rings. The van der Waals surface area contributed by atoms with Gasteiger partial charge in [-0.25, -0.2) is 0 Å². The molecule has 9 rings (SSSR count). The van der Waals surface area contributed by atoms with Crippen LogP contribution in [0.15, 0.2) is 127 Å². The predicted molar refractivity (Wildman–Crippen MR) is 234 cm³/mol. The molecule has 9 aromatic rings. The Morgan fingerprint density at radius 1 is 0.308 bits per heavy atom. The number of rotatable bonds is 4. The first-order valence-corrected chi connectivity index (χ1v) is 17.7. The Kier molecular flexibility index (Phi) is 7.94. The van der Waals surface area contributed by atoms with Gasteiger partial charge in [0, 0.05) is 20.2 Å². The van der Waals surface area contributed by atoms with Crippen LogP contribution in [0.3, 0.4) is 0 Å². The maximum atomic E-state index is 7.08. The van der Waals surface area contributed by atoms with Crippen molar-refractivity contribution >= 4 is 146 Å². The molecular weight excluding hydrogens is 636 g/mol. The number of fused-ring (bicyclic) bond motifs is 5. The molecule has 1 aromatic heterocycles. The Bertz CT molecular complexity index is 2840. The van der Waals surface area contributed by atoms with Crippen molar-refractivity contribution in [1.29, 1.82) is 0 Å². The van der Waals surface area contributed by atoms with E-state index >= 15 is 0 Å². The van der Waals surface area contributed by atoms with E-state index in [0.717, 1.165) is 81.6 Å². The van der Waals surface area contributed by atoms with Crippen LogP contribution in [0.2, 0.25) is 0 Å². The summed E-state index contributed by atoms with van der Waals surface area (Å²) >= 11 is 1.75. The first-order valence-electron chi connectivity index (χ1n) is 16.9. The van der Waals surface area contributed by atoms with Gasteiger partial charge >= 0.3 is 0 Å². The monoisotopic (exact) mass is 658 g/mol. The average Bonchev–Trinajstić information content (AvgIpc) is 3.53. The molecular formula is C44H21B7S. The molecule has 8 aromatic carbocycles. The van der Waals surface area contributed by atoms with E-state index in [1.54, 1.807) is 11.3 Å². The summed E-state index contributed by atoms with van der Waals surface area (Å²) in [6.07, 6.45) is 0. The minimum Gasteiger partial charge on any atom is -0.134 e. The van der Waals surface area contributed by atoms with Crippen LogP contribution < -0.4 is 38.2 Å². The van der Waals surface area contributed by atoms with Gasteiger partial charge in [0.05, 0.1) is 0 Å². The van der Waals surface area contributed by atoms with E-state index in [4.69, 9.17) is 54.9 Å². The van der Waals surface area contributed by atoms with Crippen molar-refractivity contribution in [2.24, 2.45) is 0 Å². The number of benzene rings is 8. The molecule has 1 heterocycles. The SMILES string of the molecule is [B]c1ccc(-c2cccc3c2sc2c(-c4cc([B])c(-c5c6cc([B])c([B])cc6c(-c6ccccc6)c6cc([B])c([B])cc56)cc4[B])cccc23)cc1. The lowest BCUT2D eigenvalue weighted by molar-refractivity contribution is 1.68. The second-order valence-electron chi connectivity index (χ2n) is 13.3. The van der Waals surface area contributed by atoms with Crippen LogP contribution >= 0.6 is 11.3 Å². The second kappa shape index (κ2) is 12.6. The molecule has 14 radical (unpaired) electrons. The van der Waals surface area contributed by atoms with Crippen molar-refractivity contribution in [2.75, 3.05) is 0 Å². The zero-order valence-corrected chi connectivity index (χ0v) is 28.9. The van der Waals surface area contributed by atoms with Crippen molar-refractivity contribution in [2.45, 2.75) is 0 Å². The van der Waals surface area contributed by atoms with E-state index in [1.807, 2.05) is 66.7 Å². The Morgan fingerprint density at radius 3 is 1.37 bits per heavy atom. The van der Waals surface area contributed by atoms with Crippen LogP contribution in [-0.2, 0) is 0 Å². The van der Waals surface area contributed by atoms with Crippen molar-refractivity contribution in [1.82, 2.24) is 0 Å². The van der Waals surface area contributed by atoms with Crippen LogP contribution in [0.5, 0.6) is 0 Å². The van der Waals surface area contributed by atoms with Gasteiger partial charge in [-0.05, 0) is 66.1 Å². The van der Waals surface area contributed by atoms with Crippen molar-refractivity contribution < 1.29 is 0 Å². The minimum absolute atomic E-state index is 0.466. The molecule has 52 heavy (non-hydrogen) atoms. The van der Waals surface area contributed by atoms with Crippen molar-refractivity contribution in [3.05, 3.63) is 127 Å². The first kappa shape index (κ1) is 32.8. The van der Waals surface area contributed by atoms with Gasteiger partial charge in [-0.1, -0.05) is 144 Å². The summed E-state index contributed by atoms with van der Waals surface area (Å²) in [6, 6.07) is 42.6. The normalized spacial score (nSPS) is 11.6. The summed E-state index contributed by atoms with van der Waals surface area (Å²) in [6.45, 7) is 0. The molecule has 0 unspecified atom stereocenters. The van der Waals surface area contributed by atoms with E-state index in [9.17, 15) is 0 Å². The molecule has 8 heteroatoms. The van der Waals surface area contributed by atoms with E-state index in [0.29, 0.717) is 32.8 Å². The fraction of sp³-hybridized carbons (Fsp3) is 0. The molecule has 0 bridgehead atoms. The largest absolute Gasteiger partial charge is 0.134 e. The standard InChI is InChI=1S/C44H21B7S/c45-24-14-12-22(13-15-24)25-8-4-9-26-27-10-5-11-28(44(27)52-43(25)26)29-16-36(47)34(21-35(29)46)42-32-19-39(50)37(48)17-30(32)41(23-6-2-1-3-7-23)31-18-38(49)40(51)20-33(31)42/h1-21H. The summed E-state index contributed by atoms with van der Waals surface area (Å²) in [4.78, 5) is 0. The van der Waals surface area contributed by atoms with E-state index in [2.05, 4.69) is 60.7 Å². The summed E-state index contributed by atoms with van der Waals surface area (Å²) in [7, 11) is 46.1. The number of hydrogen-bond acceptors (Lipinski definition) is 1. The maximum absolute atomic E-state index is 7.08. The van der Waals surface area contributed by atoms with E-state index < -0.39 is 0 Å². The molecule has 0 saturated heterocycles. The van der Waals surface area contributed by atoms with Crippen LogP contribution in [0.4, 0.5) is 0 Å². The molecule has 224 valence electrons. The van der Waals surface area contributed by atoms with E-state index in [1.165, 1.54) is 10.1 Å². The quantitative estimate of drug-likeness (QED) is 0.192. The molecule has 0 atom stereocenters. The van der Waals surface area contributed by atoms with Gasteiger partial charge in [0.25, 0.3) is 0 Å². The highest BCUT2D eigenvalue weighted by Crippen LogP contribution is 2.45. The summed E-state index contributed by atoms with van der Waals surface area (Å²) in [5, 5.41) is 5.93. The first-order chi connectivity index (χ1) is 25.2. The predicted octanol–water partition coefficient (Wildman–Crippen LogP) is 4.59. The molecule has 0 aliphatic carbocycles. The third-order valence-electron chi connectivity index (χ3n) is 10.1. The second-order valence-corrected chi connectivity index (χ2v) is 14.3. The topological polar surface area (TPSA) is 0 Å². The maximum Gasteiger partial charge on any atom is 0.114 e. The van der Waals surface area contributed by atoms with Gasteiger partial charge in [-0.2, -0.15) is 0 Å². The number of thiophene rings is 1. The van der Waals surface area contributed by atoms with Crippen LogP contribution in [0.1, 0.15) is 0 Å². The number of hydrogen-bond donors (Lipinski definition) is 0. The molecule has 0 aliphatic rings. The zero-order chi connectivity index (χ0) is 35.8. The fourth-order valence-electron chi connectivity index (χ4n) is 7.60. The van der Waals surface area contributed by atoms with Gasteiger partial charge in [0.1, 0.15) is 54.9 Å². The van der Waals surface area contributed by atoms with E-state index in [-0.39, 0.29) is 0 Å². The molecule has 0 saturated carbocycles. The van der Waals surface area contributed by atoms with Crippen molar-refractivity contribution in [3.63, 3.8) is 0 Å². The zero-order valence-electron chi connectivity index (χ0n) is 28.1. The van der Waals surface area contributed by atoms with Crippen LogP contribution in [-0.4, -0.2) is 54.9 Å². The van der Waals surface area contributed by atoms with Crippen LogP contribution in [0.25, 0.3) is 86.2 Å². The smallest absolute Gasteiger partial charge is 0.114 e. The van der Waals surface area contributed by atoms with Gasteiger partial charge in [-0.15, -0.1) is 33.2 Å². The third kappa shape index (κ3) is 5.22. The Morgan fingerprint density at radius 2 is 0.788 bits per heavy atom. The summed E-state index contributed by atoms with van der Waals surface area (Å²) < 4.78 is 2.33. The van der Waals surface area contributed by atoms with Gasteiger partial charge in [0.2, 0.25) is 0 Å². The van der Waals surface area contributed by atoms with Gasteiger partial charge in [0.15, 0.2) is 0 Å². The average molecular weight is 657 g/mol. The molecule has 0 aliphatic heterocycles. The van der Waals surface area contributed by atoms with Crippen LogP contribution in [0, 0.1) is 0 Å². The molecule has 0 amide bonds. The third-order valence-corrected chi connectivity index (χ3v) is 11.4. The molecule has 0 N–H and O–H groups in total. The lowest BCUT2D eigenvalue weighted by Gasteiger charge is -2.23. The highest BCUT2D eigenvalue weighted by molar-refractivity contribution is 7.26. The minimum atomic E-state index is 0.466. The summed E-state index contributed by atoms with van der Waals surface area (Å²) in [5.41, 5.74) is 11.5. The Balaban J connectivity index is 1.30. The summed E-state index contributed by atoms with van der Waals surface area (Å²) in [5.74, 6) is 0. The highest BCUT2D eigenvalue weighted by atomic mass is 32.1. The Hall–Kier alpha value is -5.05. The van der Waals surface area contributed by atoms with Gasteiger partial charge in [-0.3, -0.25) is 0 Å². The highest BCUT2D eigenvalue weighted by Gasteiger charge is 2.21. The lowest BCUT2D eigenvalue weighted by atomic mass is 9.71. The molecule has 0 spiro atoms. The fourth-order valence-corrected chi connectivity index (χ4v) is 8.96. The molecule has 0 nitrogen and oxygen atoms in total. The Labute approximate surface area is 316 Å².